The summed E-state index contributed by atoms with van der Waals surface area (Å²) in [6, 6.07) is 84.0. The Kier molecular flexibility index (Phi) is 8.60. The van der Waals surface area contributed by atoms with Gasteiger partial charge in [-0.3, -0.25) is 0 Å². The molecular formula is C62H40BN3. The van der Waals surface area contributed by atoms with Gasteiger partial charge >= 0.3 is 6.85 Å². The highest BCUT2D eigenvalue weighted by Gasteiger charge is 2.44. The lowest BCUT2D eigenvalue weighted by atomic mass is 9.44. The van der Waals surface area contributed by atoms with Crippen LogP contribution in [0.2, 0.25) is 0 Å². The number of hydrogen-bond acceptors (Lipinski definition) is 2. The average molecular weight is 838 g/mol. The van der Waals surface area contributed by atoms with Crippen molar-refractivity contribution in [1.29, 1.82) is 5.26 Å². The molecular weight excluding hydrogens is 798 g/mol. The van der Waals surface area contributed by atoms with E-state index in [1.165, 1.54) is 93.9 Å². The molecule has 0 radical (unpaired) electrons. The van der Waals surface area contributed by atoms with Gasteiger partial charge in [-0.1, -0.05) is 164 Å². The Morgan fingerprint density at radius 1 is 0.424 bits per heavy atom. The molecule has 3 nitrogen and oxygen atoms in total. The molecule has 0 saturated heterocycles. The largest absolute Gasteiger partial charge is 0.375 e. The van der Waals surface area contributed by atoms with Gasteiger partial charge in [-0.2, -0.15) is 5.26 Å². The number of nitrogens with zero attached hydrogens (tertiary/aromatic N) is 3. The van der Waals surface area contributed by atoms with Gasteiger partial charge in [-0.25, -0.2) is 0 Å². The Hall–Kier alpha value is -8.65. The summed E-state index contributed by atoms with van der Waals surface area (Å²) < 4.78 is 2.67. The van der Waals surface area contributed by atoms with Gasteiger partial charge in [0.05, 0.1) is 11.6 Å². The summed E-state index contributed by atoms with van der Waals surface area (Å²) in [4.78, 5) is 2.50. The lowest BCUT2D eigenvalue weighted by Crippen LogP contribution is -2.57. The fraction of sp³-hybridized carbons (Fsp3) is 0.0161. The number of aromatic nitrogens is 1. The molecule has 0 bridgehead atoms. The van der Waals surface area contributed by atoms with Crippen molar-refractivity contribution >= 4 is 56.6 Å². The fourth-order valence-corrected chi connectivity index (χ4v) is 10.9. The van der Waals surface area contributed by atoms with Crippen molar-refractivity contribution in [2.24, 2.45) is 0 Å². The topological polar surface area (TPSA) is 32.0 Å². The van der Waals surface area contributed by atoms with E-state index in [9.17, 15) is 5.26 Å². The van der Waals surface area contributed by atoms with Gasteiger partial charge in [0.1, 0.15) is 0 Å². The Bertz CT molecular complexity index is 3740. The number of nitriles is 1. The van der Waals surface area contributed by atoms with Crippen molar-refractivity contribution in [3.8, 4) is 72.8 Å². The van der Waals surface area contributed by atoms with Crippen molar-refractivity contribution < 1.29 is 0 Å². The summed E-state index contributed by atoms with van der Waals surface area (Å²) in [5, 5.41) is 12.3. The highest BCUT2D eigenvalue weighted by Crippen LogP contribution is 2.50. The standard InChI is InChI=1S/C62H40BN3/c1-40-52(47-24-22-41(39-64)23-25-47)38-59-61-60(40)55-36-50(45-20-12-5-13-21-45)35-54-53-34-48(43-16-8-3-9-17-43)28-32-57(53)66(62(54)55)63(61)56-37-49(44-18-10-4-11-19-44)29-33-58(56)65(59)51-30-26-46(27-31-51)42-14-6-2-7-15-42/h2-38H,1H3. The molecule has 2 aliphatic rings. The molecule has 10 aromatic carbocycles. The maximum absolute atomic E-state index is 9.85. The van der Waals surface area contributed by atoms with Gasteiger partial charge in [0.15, 0.2) is 0 Å². The van der Waals surface area contributed by atoms with Crippen LogP contribution in [0, 0.1) is 18.3 Å². The molecule has 2 aliphatic heterocycles. The van der Waals surface area contributed by atoms with Crippen LogP contribution in [0.4, 0.5) is 17.1 Å². The SMILES string of the molecule is Cc1c(-c2ccc(C#N)cc2)cc2c3c1-c1cc(-c4ccccc4)cc4c5cc(-c6ccccc6)ccc5n(c14)B3c1cc(-c3ccccc3)ccc1N2c1ccc(-c2ccccc2)cc1. The lowest BCUT2D eigenvalue weighted by Gasteiger charge is -2.42. The summed E-state index contributed by atoms with van der Waals surface area (Å²) in [7, 11) is 0. The number of benzene rings is 10. The minimum Gasteiger partial charge on any atom is -0.375 e. The maximum Gasteiger partial charge on any atom is 0.333 e. The van der Waals surface area contributed by atoms with E-state index in [1.54, 1.807) is 0 Å². The highest BCUT2D eigenvalue weighted by molar-refractivity contribution is 6.90. The summed E-state index contributed by atoms with van der Waals surface area (Å²) in [5.41, 5.74) is 24.5. The molecule has 66 heavy (non-hydrogen) atoms. The third-order valence-corrected chi connectivity index (χ3v) is 14.0. The predicted octanol–water partition coefficient (Wildman–Crippen LogP) is 14.7. The van der Waals surface area contributed by atoms with Crippen LogP contribution in [0.25, 0.3) is 88.6 Å². The molecule has 306 valence electrons. The first-order valence-corrected chi connectivity index (χ1v) is 22.7. The van der Waals surface area contributed by atoms with Crippen LogP contribution in [-0.4, -0.2) is 11.3 Å². The van der Waals surface area contributed by atoms with Crippen LogP contribution in [0.3, 0.4) is 0 Å². The highest BCUT2D eigenvalue weighted by atomic mass is 15.2. The zero-order valence-corrected chi connectivity index (χ0v) is 36.3. The van der Waals surface area contributed by atoms with Crippen LogP contribution < -0.4 is 15.8 Å². The zero-order valence-electron chi connectivity index (χ0n) is 36.3. The van der Waals surface area contributed by atoms with Gasteiger partial charge in [-0.05, 0) is 145 Å². The smallest absolute Gasteiger partial charge is 0.333 e. The molecule has 0 unspecified atom stereocenters. The van der Waals surface area contributed by atoms with Crippen molar-refractivity contribution in [1.82, 2.24) is 4.48 Å². The van der Waals surface area contributed by atoms with Crippen LogP contribution in [-0.2, 0) is 0 Å². The summed E-state index contributed by atoms with van der Waals surface area (Å²) in [6.45, 7) is 2.17. The normalized spacial score (nSPS) is 12.2. The molecule has 13 rings (SSSR count). The first kappa shape index (κ1) is 37.9. The van der Waals surface area contributed by atoms with Gasteiger partial charge in [0.2, 0.25) is 0 Å². The summed E-state index contributed by atoms with van der Waals surface area (Å²) in [5.74, 6) is 0. The van der Waals surface area contributed by atoms with Crippen molar-refractivity contribution in [3.05, 3.63) is 236 Å². The van der Waals surface area contributed by atoms with Gasteiger partial charge in [0, 0.05) is 44.4 Å². The fourth-order valence-electron chi connectivity index (χ4n) is 10.9. The predicted molar refractivity (Wildman–Crippen MR) is 277 cm³/mol. The van der Waals surface area contributed by atoms with E-state index in [2.05, 4.69) is 235 Å². The minimum absolute atomic E-state index is 0.139. The van der Waals surface area contributed by atoms with Gasteiger partial charge in [0.25, 0.3) is 0 Å². The zero-order chi connectivity index (χ0) is 43.9. The van der Waals surface area contributed by atoms with Crippen molar-refractivity contribution in [2.45, 2.75) is 6.92 Å². The third-order valence-electron chi connectivity index (χ3n) is 14.0. The number of rotatable bonds is 6. The second-order valence-electron chi connectivity index (χ2n) is 17.6. The summed E-state index contributed by atoms with van der Waals surface area (Å²) in [6.07, 6.45) is 0. The second kappa shape index (κ2) is 15.0. The lowest BCUT2D eigenvalue weighted by molar-refractivity contribution is 1.25. The van der Waals surface area contributed by atoms with Crippen LogP contribution >= 0.6 is 0 Å². The first-order valence-electron chi connectivity index (χ1n) is 22.7. The van der Waals surface area contributed by atoms with E-state index in [0.29, 0.717) is 5.56 Å². The van der Waals surface area contributed by atoms with Crippen LogP contribution in [0.1, 0.15) is 11.1 Å². The Labute approximate surface area is 384 Å². The minimum atomic E-state index is -0.139. The number of anilines is 3. The van der Waals surface area contributed by atoms with E-state index < -0.39 is 0 Å². The molecule has 3 heterocycles. The molecule has 0 saturated carbocycles. The first-order chi connectivity index (χ1) is 32.6. The Morgan fingerprint density at radius 2 is 0.939 bits per heavy atom. The van der Waals surface area contributed by atoms with E-state index in [-0.39, 0.29) is 6.85 Å². The van der Waals surface area contributed by atoms with Crippen LogP contribution in [0.15, 0.2) is 224 Å². The molecule has 0 atom stereocenters. The molecule has 0 fully saturated rings. The molecule has 0 spiro atoms. The second-order valence-corrected chi connectivity index (χ2v) is 17.6. The maximum atomic E-state index is 9.85. The van der Waals surface area contributed by atoms with E-state index in [1.807, 2.05) is 12.1 Å². The molecule has 1 aromatic heterocycles. The quantitative estimate of drug-likeness (QED) is 0.156. The van der Waals surface area contributed by atoms with Crippen LogP contribution in [0.5, 0.6) is 0 Å². The monoisotopic (exact) mass is 837 g/mol. The number of fused-ring (bicyclic) bond motifs is 7. The van der Waals surface area contributed by atoms with Gasteiger partial charge < -0.3 is 9.38 Å². The Balaban J connectivity index is 1.17. The van der Waals surface area contributed by atoms with E-state index in [4.69, 9.17) is 0 Å². The average Bonchev–Trinajstić information content (AvgIpc) is 3.72. The third kappa shape index (κ3) is 5.84. The van der Waals surface area contributed by atoms with E-state index >= 15 is 0 Å². The molecule has 11 aromatic rings. The molecule has 0 amide bonds. The number of hydrogen-bond donors (Lipinski definition) is 0. The molecule has 4 heteroatoms. The molecule has 0 N–H and O–H groups in total. The molecule has 0 aliphatic carbocycles. The van der Waals surface area contributed by atoms with E-state index in [0.717, 1.165) is 28.2 Å². The Morgan fingerprint density at radius 3 is 1.56 bits per heavy atom. The van der Waals surface area contributed by atoms with Crippen molar-refractivity contribution in [2.75, 3.05) is 4.90 Å². The van der Waals surface area contributed by atoms with Crippen molar-refractivity contribution in [3.63, 3.8) is 0 Å². The van der Waals surface area contributed by atoms with Gasteiger partial charge in [-0.15, -0.1) is 0 Å². The summed E-state index contributed by atoms with van der Waals surface area (Å²) >= 11 is 0.